The minimum atomic E-state index is -1.07. The van der Waals surface area contributed by atoms with E-state index in [1.807, 2.05) is 48.0 Å². The number of hydrogen-bond acceptors (Lipinski definition) is 6. The lowest BCUT2D eigenvalue weighted by Crippen LogP contribution is -2.34. The summed E-state index contributed by atoms with van der Waals surface area (Å²) in [5.41, 5.74) is 2.75. The molecule has 3 heterocycles. The molecule has 6 nitrogen and oxygen atoms in total. The Hall–Kier alpha value is -2.42. The van der Waals surface area contributed by atoms with Crippen LogP contribution in [0.3, 0.4) is 0 Å². The van der Waals surface area contributed by atoms with Gasteiger partial charge in [0, 0.05) is 33.9 Å². The number of nitrogens with zero attached hydrogens (tertiary/aromatic N) is 3. The number of aromatic nitrogens is 3. The number of benzene rings is 2. The van der Waals surface area contributed by atoms with Gasteiger partial charge < -0.3 is 18.8 Å². The van der Waals surface area contributed by atoms with Crippen molar-refractivity contribution in [2.45, 2.75) is 25.4 Å². The topological polar surface area (TPSA) is 58.4 Å². The van der Waals surface area contributed by atoms with Crippen molar-refractivity contribution >= 4 is 34.5 Å². The molecule has 2 aromatic heterocycles. The Morgan fingerprint density at radius 1 is 1.21 bits per heavy atom. The summed E-state index contributed by atoms with van der Waals surface area (Å²) in [6.45, 7) is 3.10. The van der Waals surface area contributed by atoms with Crippen molar-refractivity contribution in [1.82, 2.24) is 14.5 Å². The SMILES string of the molecule is Cc1nc(-c2ccc(OC[C@@H]3CO[C@@](Cn4ccnc4)(c4ccc(Cl)cc4Cl)O3)cc2)cs1. The van der Waals surface area contributed by atoms with E-state index in [1.54, 1.807) is 36.0 Å². The van der Waals surface area contributed by atoms with Gasteiger partial charge in [-0.15, -0.1) is 11.3 Å². The minimum absolute atomic E-state index is 0.277. The molecule has 1 fully saturated rings. The van der Waals surface area contributed by atoms with Gasteiger partial charge in [-0.25, -0.2) is 9.97 Å². The third-order valence-electron chi connectivity index (χ3n) is 5.36. The Morgan fingerprint density at radius 2 is 2.06 bits per heavy atom. The summed E-state index contributed by atoms with van der Waals surface area (Å²) in [6.07, 6.45) is 5.01. The maximum atomic E-state index is 6.52. The van der Waals surface area contributed by atoms with Crippen LogP contribution in [0.15, 0.2) is 66.6 Å². The minimum Gasteiger partial charge on any atom is -0.491 e. The zero-order chi connectivity index (χ0) is 22.8. The molecule has 2 aromatic carbocycles. The van der Waals surface area contributed by atoms with E-state index in [2.05, 4.69) is 15.3 Å². The summed E-state index contributed by atoms with van der Waals surface area (Å²) >= 11 is 14.3. The molecule has 1 saturated heterocycles. The fraction of sp³-hybridized carbons (Fsp3) is 0.250. The van der Waals surface area contributed by atoms with E-state index < -0.39 is 5.79 Å². The number of halogens is 2. The summed E-state index contributed by atoms with van der Waals surface area (Å²) in [5, 5.41) is 4.13. The van der Waals surface area contributed by atoms with Crippen LogP contribution in [-0.2, 0) is 21.8 Å². The highest BCUT2D eigenvalue weighted by molar-refractivity contribution is 7.09. The number of hydrogen-bond donors (Lipinski definition) is 0. The number of ether oxygens (including phenoxy) is 3. The predicted octanol–water partition coefficient (Wildman–Crippen LogP) is 5.97. The van der Waals surface area contributed by atoms with Crippen molar-refractivity contribution in [3.63, 3.8) is 0 Å². The number of imidazole rings is 1. The van der Waals surface area contributed by atoms with E-state index in [9.17, 15) is 0 Å². The summed E-state index contributed by atoms with van der Waals surface area (Å²) in [7, 11) is 0. The molecule has 0 bridgehead atoms. The quantitative estimate of drug-likeness (QED) is 0.312. The van der Waals surface area contributed by atoms with Crippen LogP contribution in [0.5, 0.6) is 5.75 Å². The number of rotatable bonds is 7. The number of thiazole rings is 1. The molecule has 0 N–H and O–H groups in total. The lowest BCUT2D eigenvalue weighted by Gasteiger charge is -2.30. The molecule has 0 radical (unpaired) electrons. The highest BCUT2D eigenvalue weighted by Crippen LogP contribution is 2.40. The van der Waals surface area contributed by atoms with Crippen LogP contribution < -0.4 is 4.74 Å². The van der Waals surface area contributed by atoms with E-state index in [-0.39, 0.29) is 6.10 Å². The maximum Gasteiger partial charge on any atom is 0.215 e. The van der Waals surface area contributed by atoms with E-state index in [1.165, 1.54) is 0 Å². The lowest BCUT2D eigenvalue weighted by atomic mass is 10.1. The largest absolute Gasteiger partial charge is 0.491 e. The second-order valence-corrected chi connectivity index (χ2v) is 9.66. The Balaban J connectivity index is 1.29. The Morgan fingerprint density at radius 3 is 2.76 bits per heavy atom. The normalized spacial score (nSPS) is 20.3. The van der Waals surface area contributed by atoms with E-state index in [0.29, 0.717) is 35.4 Å². The first-order chi connectivity index (χ1) is 16.0. The van der Waals surface area contributed by atoms with Gasteiger partial charge in [-0.05, 0) is 43.3 Å². The molecule has 9 heteroatoms. The van der Waals surface area contributed by atoms with Gasteiger partial charge >= 0.3 is 0 Å². The highest BCUT2D eigenvalue weighted by atomic mass is 35.5. The van der Waals surface area contributed by atoms with Crippen molar-refractivity contribution < 1.29 is 14.2 Å². The highest BCUT2D eigenvalue weighted by Gasteiger charge is 2.45. The van der Waals surface area contributed by atoms with Gasteiger partial charge in [-0.2, -0.15) is 0 Å². The summed E-state index contributed by atoms with van der Waals surface area (Å²) in [6, 6.07) is 13.2. The van der Waals surface area contributed by atoms with Crippen LogP contribution in [-0.4, -0.2) is 33.9 Å². The third-order valence-corrected chi connectivity index (χ3v) is 6.68. The Bertz CT molecular complexity index is 1230. The molecular weight excluding hydrogens is 481 g/mol. The van der Waals surface area contributed by atoms with Crippen molar-refractivity contribution in [1.29, 1.82) is 0 Å². The zero-order valence-electron chi connectivity index (χ0n) is 17.8. The van der Waals surface area contributed by atoms with Gasteiger partial charge in [0.15, 0.2) is 0 Å². The summed E-state index contributed by atoms with van der Waals surface area (Å²) in [5.74, 6) is -0.311. The molecule has 4 aromatic rings. The first-order valence-electron chi connectivity index (χ1n) is 10.4. The Labute approximate surface area is 205 Å². The zero-order valence-corrected chi connectivity index (χ0v) is 20.1. The molecule has 0 unspecified atom stereocenters. The maximum absolute atomic E-state index is 6.52. The van der Waals surface area contributed by atoms with Gasteiger partial charge in [0.1, 0.15) is 18.5 Å². The summed E-state index contributed by atoms with van der Waals surface area (Å²) in [4.78, 5) is 8.64. The van der Waals surface area contributed by atoms with Crippen LogP contribution in [0.25, 0.3) is 11.3 Å². The number of aryl methyl sites for hydroxylation is 1. The summed E-state index contributed by atoms with van der Waals surface area (Å²) < 4.78 is 20.5. The van der Waals surface area contributed by atoms with Gasteiger partial charge in [0.05, 0.1) is 35.2 Å². The van der Waals surface area contributed by atoms with Crippen LogP contribution in [0, 0.1) is 6.92 Å². The fourth-order valence-electron chi connectivity index (χ4n) is 3.78. The first kappa shape index (κ1) is 22.4. The molecule has 1 aliphatic heterocycles. The molecular formula is C24H21Cl2N3O3S. The molecule has 2 atom stereocenters. The van der Waals surface area contributed by atoms with Crippen molar-refractivity contribution in [3.8, 4) is 17.0 Å². The van der Waals surface area contributed by atoms with E-state index in [4.69, 9.17) is 37.4 Å². The second kappa shape index (κ2) is 9.44. The molecule has 170 valence electrons. The lowest BCUT2D eigenvalue weighted by molar-refractivity contribution is -0.189. The van der Waals surface area contributed by atoms with E-state index >= 15 is 0 Å². The molecule has 0 amide bonds. The fourth-order valence-corrected chi connectivity index (χ4v) is 4.96. The molecule has 0 aliphatic carbocycles. The molecule has 1 aliphatic rings. The van der Waals surface area contributed by atoms with Crippen molar-refractivity contribution in [3.05, 3.63) is 87.2 Å². The predicted molar refractivity (Wildman–Crippen MR) is 129 cm³/mol. The first-order valence-corrected chi connectivity index (χ1v) is 12.0. The second-order valence-electron chi connectivity index (χ2n) is 7.75. The van der Waals surface area contributed by atoms with Crippen molar-refractivity contribution in [2.75, 3.05) is 13.2 Å². The van der Waals surface area contributed by atoms with Gasteiger partial charge in [-0.1, -0.05) is 29.3 Å². The molecule has 0 saturated carbocycles. The van der Waals surface area contributed by atoms with Crippen LogP contribution in [0.1, 0.15) is 10.6 Å². The average Bonchev–Trinajstić information content (AvgIpc) is 3.55. The van der Waals surface area contributed by atoms with Gasteiger partial charge in [0.2, 0.25) is 5.79 Å². The Kier molecular flexibility index (Phi) is 6.40. The molecule has 0 spiro atoms. The van der Waals surface area contributed by atoms with Crippen LogP contribution >= 0.6 is 34.5 Å². The third kappa shape index (κ3) is 4.93. The monoisotopic (exact) mass is 501 g/mol. The average molecular weight is 502 g/mol. The standard InChI is InChI=1S/C24H21Cl2N3O3S/c1-16-28-23(13-33-16)17-2-5-19(6-3-17)30-11-20-12-31-24(32-20,14-29-9-8-27-15-29)21-7-4-18(25)10-22(21)26/h2-10,13,15,20H,11-12,14H2,1H3/t20-,24-/m1/s1. The van der Waals surface area contributed by atoms with Crippen molar-refractivity contribution in [2.24, 2.45) is 0 Å². The molecule has 5 rings (SSSR count). The van der Waals surface area contributed by atoms with Crippen LogP contribution in [0.4, 0.5) is 0 Å². The van der Waals surface area contributed by atoms with Gasteiger partial charge in [0.25, 0.3) is 0 Å². The van der Waals surface area contributed by atoms with Gasteiger partial charge in [-0.3, -0.25) is 0 Å². The smallest absolute Gasteiger partial charge is 0.215 e. The molecule has 33 heavy (non-hydrogen) atoms. The van der Waals surface area contributed by atoms with E-state index in [0.717, 1.165) is 22.0 Å². The van der Waals surface area contributed by atoms with Crippen LogP contribution in [0.2, 0.25) is 10.0 Å².